The molecule has 0 unspecified atom stereocenters. The van der Waals surface area contributed by atoms with Gasteiger partial charge in [-0.1, -0.05) is 78.9 Å². The van der Waals surface area contributed by atoms with Gasteiger partial charge in [0.05, 0.1) is 13.0 Å². The Hall–Kier alpha value is -4.25. The van der Waals surface area contributed by atoms with Crippen molar-refractivity contribution in [3.63, 3.8) is 0 Å². The molecule has 0 fully saturated rings. The summed E-state index contributed by atoms with van der Waals surface area (Å²) in [6.07, 6.45) is 0.240. The van der Waals surface area contributed by atoms with Crippen LogP contribution in [-0.2, 0) is 24.3 Å². The number of anilines is 1. The topological polar surface area (TPSA) is 49.4 Å². The van der Waals surface area contributed by atoms with Crippen molar-refractivity contribution in [2.45, 2.75) is 19.5 Å². The number of nitrogens with zero attached hydrogens (tertiary/aromatic N) is 1. The van der Waals surface area contributed by atoms with Gasteiger partial charge in [0.25, 0.3) is 5.91 Å². The van der Waals surface area contributed by atoms with Crippen molar-refractivity contribution in [3.8, 4) is 0 Å². The van der Waals surface area contributed by atoms with Crippen LogP contribution in [-0.4, -0.2) is 11.8 Å². The molecule has 0 radical (unpaired) electrons. The summed E-state index contributed by atoms with van der Waals surface area (Å²) in [6.45, 7) is 0.817. The molecule has 4 nitrogen and oxygen atoms in total. The number of hydrogen-bond donors (Lipinski definition) is 1. The lowest BCUT2D eigenvalue weighted by Crippen LogP contribution is -2.30. The fraction of sp³-hybridized carbons (Fsp3) is 0.103. The van der Waals surface area contributed by atoms with E-state index in [0.717, 1.165) is 16.7 Å². The van der Waals surface area contributed by atoms with Crippen LogP contribution in [0.5, 0.6) is 0 Å². The van der Waals surface area contributed by atoms with Gasteiger partial charge in [0.15, 0.2) is 0 Å². The fourth-order valence-electron chi connectivity index (χ4n) is 3.66. The number of hydrogen-bond acceptors (Lipinski definition) is 2. The molecule has 0 bridgehead atoms. The molecular formula is C29H25FN2O2. The van der Waals surface area contributed by atoms with E-state index in [2.05, 4.69) is 5.32 Å². The molecule has 0 heterocycles. The van der Waals surface area contributed by atoms with E-state index in [9.17, 15) is 14.0 Å². The molecule has 0 aliphatic rings. The van der Waals surface area contributed by atoms with E-state index in [1.165, 1.54) is 18.2 Å². The van der Waals surface area contributed by atoms with Crippen LogP contribution in [0.4, 0.5) is 10.1 Å². The number of carbonyl (C=O) groups is 2. The van der Waals surface area contributed by atoms with Crippen molar-refractivity contribution in [3.05, 3.63) is 137 Å². The zero-order valence-electron chi connectivity index (χ0n) is 18.7. The highest BCUT2D eigenvalue weighted by molar-refractivity contribution is 6.06. The minimum atomic E-state index is -0.456. The Kier molecular flexibility index (Phi) is 7.45. The first-order valence-corrected chi connectivity index (χ1v) is 11.1. The fourth-order valence-corrected chi connectivity index (χ4v) is 3.66. The van der Waals surface area contributed by atoms with Gasteiger partial charge in [0.2, 0.25) is 5.91 Å². The van der Waals surface area contributed by atoms with Gasteiger partial charge >= 0.3 is 0 Å². The largest absolute Gasteiger partial charge is 0.352 e. The van der Waals surface area contributed by atoms with Crippen molar-refractivity contribution in [1.82, 2.24) is 5.32 Å². The number of benzene rings is 4. The van der Waals surface area contributed by atoms with Crippen LogP contribution in [0.2, 0.25) is 0 Å². The zero-order chi connectivity index (χ0) is 23.8. The molecule has 1 N–H and O–H groups in total. The van der Waals surface area contributed by atoms with E-state index in [4.69, 9.17) is 0 Å². The average molecular weight is 453 g/mol. The Bertz CT molecular complexity index is 1240. The maximum Gasteiger partial charge on any atom is 0.258 e. The number of halogens is 1. The van der Waals surface area contributed by atoms with E-state index in [1.54, 1.807) is 11.0 Å². The standard InChI is InChI=1S/C29H25FN2O2/c30-26-13-7-12-25(19-26)29(34)32(21-24-10-5-2-6-11-24)27-16-14-22(15-17-27)18-28(33)31-20-23-8-3-1-4-9-23/h1-17,19H,18,20-21H2,(H,31,33). The predicted molar refractivity (Wildman–Crippen MR) is 132 cm³/mol. The van der Waals surface area contributed by atoms with Crippen LogP contribution in [0, 0.1) is 5.82 Å². The lowest BCUT2D eigenvalue weighted by molar-refractivity contribution is -0.120. The summed E-state index contributed by atoms with van der Waals surface area (Å²) < 4.78 is 13.8. The Morgan fingerprint density at radius 1 is 0.706 bits per heavy atom. The van der Waals surface area contributed by atoms with E-state index in [-0.39, 0.29) is 23.8 Å². The Balaban J connectivity index is 1.48. The number of carbonyl (C=O) groups excluding carboxylic acids is 2. The molecule has 0 aromatic heterocycles. The lowest BCUT2D eigenvalue weighted by atomic mass is 10.1. The summed E-state index contributed by atoms with van der Waals surface area (Å²) in [6, 6.07) is 32.4. The Morgan fingerprint density at radius 3 is 2.00 bits per heavy atom. The normalized spacial score (nSPS) is 10.5. The molecular weight excluding hydrogens is 427 g/mol. The van der Waals surface area contributed by atoms with E-state index < -0.39 is 5.82 Å². The molecule has 0 saturated heterocycles. The molecule has 5 heteroatoms. The Labute approximate surface area is 198 Å². The maximum absolute atomic E-state index is 13.8. The second-order valence-electron chi connectivity index (χ2n) is 7.99. The SMILES string of the molecule is O=C(Cc1ccc(N(Cc2ccccc2)C(=O)c2cccc(F)c2)cc1)NCc1ccccc1. The van der Waals surface area contributed by atoms with Crippen LogP contribution < -0.4 is 10.2 Å². The molecule has 0 spiro atoms. The molecule has 170 valence electrons. The molecule has 2 amide bonds. The minimum absolute atomic E-state index is 0.0754. The van der Waals surface area contributed by atoms with E-state index in [0.29, 0.717) is 18.8 Å². The van der Waals surface area contributed by atoms with Gasteiger partial charge < -0.3 is 10.2 Å². The van der Waals surface area contributed by atoms with Crippen LogP contribution in [0.15, 0.2) is 109 Å². The van der Waals surface area contributed by atoms with Gasteiger partial charge in [0, 0.05) is 17.8 Å². The highest BCUT2D eigenvalue weighted by atomic mass is 19.1. The van der Waals surface area contributed by atoms with E-state index >= 15 is 0 Å². The van der Waals surface area contributed by atoms with Crippen molar-refractivity contribution in [1.29, 1.82) is 0 Å². The lowest BCUT2D eigenvalue weighted by Gasteiger charge is -2.23. The van der Waals surface area contributed by atoms with Gasteiger partial charge in [-0.05, 0) is 47.0 Å². The van der Waals surface area contributed by atoms with Crippen LogP contribution in [0.1, 0.15) is 27.0 Å². The molecule has 0 atom stereocenters. The quantitative estimate of drug-likeness (QED) is 0.382. The third-order valence-corrected chi connectivity index (χ3v) is 5.45. The number of nitrogens with one attached hydrogen (secondary N) is 1. The monoisotopic (exact) mass is 452 g/mol. The average Bonchev–Trinajstić information content (AvgIpc) is 2.87. The van der Waals surface area contributed by atoms with Crippen molar-refractivity contribution >= 4 is 17.5 Å². The third-order valence-electron chi connectivity index (χ3n) is 5.45. The van der Waals surface area contributed by atoms with Crippen LogP contribution in [0.3, 0.4) is 0 Å². The second-order valence-corrected chi connectivity index (χ2v) is 7.99. The summed E-state index contributed by atoms with van der Waals surface area (Å²) in [5.74, 6) is -0.826. The van der Waals surface area contributed by atoms with E-state index in [1.807, 2.05) is 84.9 Å². The molecule has 0 aliphatic carbocycles. The van der Waals surface area contributed by atoms with Crippen molar-refractivity contribution < 1.29 is 14.0 Å². The summed E-state index contributed by atoms with van der Waals surface area (Å²) in [5.41, 5.74) is 3.79. The summed E-state index contributed by atoms with van der Waals surface area (Å²) in [7, 11) is 0. The van der Waals surface area contributed by atoms with Gasteiger partial charge in [-0.25, -0.2) is 4.39 Å². The molecule has 4 rings (SSSR count). The Morgan fingerprint density at radius 2 is 1.35 bits per heavy atom. The maximum atomic E-state index is 13.8. The second kappa shape index (κ2) is 11.1. The van der Waals surface area contributed by atoms with Gasteiger partial charge in [-0.2, -0.15) is 0 Å². The summed E-state index contributed by atoms with van der Waals surface area (Å²) in [4.78, 5) is 27.3. The summed E-state index contributed by atoms with van der Waals surface area (Å²) >= 11 is 0. The smallest absolute Gasteiger partial charge is 0.258 e. The molecule has 0 aliphatic heterocycles. The van der Waals surface area contributed by atoms with Crippen molar-refractivity contribution in [2.24, 2.45) is 0 Å². The predicted octanol–water partition coefficient (Wildman–Crippen LogP) is 5.53. The molecule has 34 heavy (non-hydrogen) atoms. The molecule has 4 aromatic carbocycles. The van der Waals surface area contributed by atoms with Gasteiger partial charge in [-0.3, -0.25) is 9.59 Å². The number of amides is 2. The molecule has 4 aromatic rings. The first-order chi connectivity index (χ1) is 16.6. The summed E-state index contributed by atoms with van der Waals surface area (Å²) in [5, 5.41) is 2.92. The molecule has 0 saturated carbocycles. The van der Waals surface area contributed by atoms with Crippen LogP contribution in [0.25, 0.3) is 0 Å². The van der Waals surface area contributed by atoms with Crippen molar-refractivity contribution in [2.75, 3.05) is 4.90 Å². The first-order valence-electron chi connectivity index (χ1n) is 11.1. The number of rotatable bonds is 8. The zero-order valence-corrected chi connectivity index (χ0v) is 18.7. The third kappa shape index (κ3) is 6.17. The highest BCUT2D eigenvalue weighted by Gasteiger charge is 2.19. The highest BCUT2D eigenvalue weighted by Crippen LogP contribution is 2.22. The first kappa shape index (κ1) is 22.9. The van der Waals surface area contributed by atoms with Gasteiger partial charge in [-0.15, -0.1) is 0 Å². The minimum Gasteiger partial charge on any atom is -0.352 e. The van der Waals surface area contributed by atoms with Crippen LogP contribution >= 0.6 is 0 Å². The van der Waals surface area contributed by atoms with Gasteiger partial charge in [0.1, 0.15) is 5.82 Å².